The van der Waals surface area contributed by atoms with Gasteiger partial charge in [0.25, 0.3) is 0 Å². The Bertz CT molecular complexity index is 2800. The highest BCUT2D eigenvalue weighted by molar-refractivity contribution is 6.13. The fraction of sp³-hybridized carbons (Fsp3) is 0. The Balaban J connectivity index is 1.20. The molecule has 0 aliphatic carbocycles. The van der Waals surface area contributed by atoms with Crippen molar-refractivity contribution in [2.24, 2.45) is 0 Å². The third kappa shape index (κ3) is 4.60. The maximum atomic E-state index is 6.45. The second-order valence-electron chi connectivity index (χ2n) is 12.5. The molecule has 0 saturated heterocycles. The lowest BCUT2D eigenvalue weighted by atomic mass is 10.0. The predicted octanol–water partition coefficient (Wildman–Crippen LogP) is 11.5. The number of para-hydroxylation sites is 3. The van der Waals surface area contributed by atoms with Crippen LogP contribution in [0.25, 0.3) is 94.7 Å². The molecule has 0 amide bonds. The maximum absolute atomic E-state index is 6.45. The third-order valence-corrected chi connectivity index (χ3v) is 9.45. The lowest BCUT2D eigenvalue weighted by Crippen LogP contribution is -2.00. The second kappa shape index (κ2) is 11.4. The number of furan rings is 1. The van der Waals surface area contributed by atoms with Crippen LogP contribution in [0.1, 0.15) is 0 Å². The van der Waals surface area contributed by atoms with E-state index in [2.05, 4.69) is 102 Å². The largest absolute Gasteiger partial charge is 0.455 e. The highest BCUT2D eigenvalue weighted by Gasteiger charge is 2.19. The minimum atomic E-state index is 0.627. The first-order valence-electron chi connectivity index (χ1n) is 16.7. The molecule has 234 valence electrons. The molecule has 0 aliphatic rings. The minimum Gasteiger partial charge on any atom is -0.455 e. The Labute approximate surface area is 287 Å². The third-order valence-electron chi connectivity index (χ3n) is 9.45. The molecular weight excluding hydrogens is 613 g/mol. The number of nitrogens with zero attached hydrogens (tertiary/aromatic N) is 4. The summed E-state index contributed by atoms with van der Waals surface area (Å²) in [7, 11) is 0. The van der Waals surface area contributed by atoms with Crippen molar-refractivity contribution in [3.63, 3.8) is 0 Å². The summed E-state index contributed by atoms with van der Waals surface area (Å²) in [5.41, 5.74) is 10.0. The zero-order valence-corrected chi connectivity index (χ0v) is 26.9. The summed E-state index contributed by atoms with van der Waals surface area (Å²) < 4.78 is 8.79. The van der Waals surface area contributed by atoms with E-state index in [1.165, 1.54) is 5.39 Å². The minimum absolute atomic E-state index is 0.627. The Hall–Kier alpha value is -6.85. The molecule has 0 spiro atoms. The molecule has 5 heteroatoms. The predicted molar refractivity (Wildman–Crippen MR) is 203 cm³/mol. The molecule has 0 radical (unpaired) electrons. The molecule has 10 rings (SSSR count). The van der Waals surface area contributed by atoms with Crippen molar-refractivity contribution in [1.82, 2.24) is 19.5 Å². The van der Waals surface area contributed by atoms with E-state index >= 15 is 0 Å². The molecule has 5 nitrogen and oxygen atoms in total. The maximum Gasteiger partial charge on any atom is 0.164 e. The quantitative estimate of drug-likeness (QED) is 0.188. The van der Waals surface area contributed by atoms with E-state index in [9.17, 15) is 0 Å². The molecule has 3 aromatic heterocycles. The van der Waals surface area contributed by atoms with Gasteiger partial charge in [-0.05, 0) is 35.9 Å². The number of fused-ring (bicyclic) bond motifs is 6. The van der Waals surface area contributed by atoms with Crippen LogP contribution in [-0.2, 0) is 0 Å². The fourth-order valence-corrected chi connectivity index (χ4v) is 7.09. The lowest BCUT2D eigenvalue weighted by molar-refractivity contribution is 0.670. The van der Waals surface area contributed by atoms with Crippen LogP contribution in [0.4, 0.5) is 0 Å². The number of benzene rings is 7. The van der Waals surface area contributed by atoms with Gasteiger partial charge in [-0.1, -0.05) is 140 Å². The average molecular weight is 641 g/mol. The van der Waals surface area contributed by atoms with E-state index in [4.69, 9.17) is 19.4 Å². The van der Waals surface area contributed by atoms with Gasteiger partial charge in [-0.3, -0.25) is 0 Å². The van der Waals surface area contributed by atoms with E-state index in [0.717, 1.165) is 71.9 Å². The van der Waals surface area contributed by atoms with Gasteiger partial charge < -0.3 is 8.98 Å². The Kier molecular flexibility index (Phi) is 6.42. The van der Waals surface area contributed by atoms with Crippen molar-refractivity contribution in [3.8, 4) is 51.0 Å². The summed E-state index contributed by atoms with van der Waals surface area (Å²) in [6.45, 7) is 0. The van der Waals surface area contributed by atoms with Crippen LogP contribution in [-0.4, -0.2) is 19.5 Å². The van der Waals surface area contributed by atoms with Crippen LogP contribution in [0.3, 0.4) is 0 Å². The first-order valence-corrected chi connectivity index (χ1v) is 16.7. The van der Waals surface area contributed by atoms with E-state index in [1.807, 2.05) is 72.8 Å². The van der Waals surface area contributed by atoms with Gasteiger partial charge in [0.05, 0.1) is 11.0 Å². The van der Waals surface area contributed by atoms with Crippen molar-refractivity contribution in [1.29, 1.82) is 0 Å². The summed E-state index contributed by atoms with van der Waals surface area (Å²) in [4.78, 5) is 14.9. The van der Waals surface area contributed by atoms with Crippen molar-refractivity contribution in [3.05, 3.63) is 170 Å². The molecule has 50 heavy (non-hydrogen) atoms. The molecule has 0 fully saturated rings. The Morgan fingerprint density at radius 1 is 0.380 bits per heavy atom. The number of aromatic nitrogens is 4. The summed E-state index contributed by atoms with van der Waals surface area (Å²) in [5.74, 6) is 1.91. The summed E-state index contributed by atoms with van der Waals surface area (Å²) in [6.07, 6.45) is 0. The number of rotatable bonds is 5. The normalized spacial score (nSPS) is 11.6. The first kappa shape index (κ1) is 28.2. The Morgan fingerprint density at radius 3 is 1.56 bits per heavy atom. The van der Waals surface area contributed by atoms with Crippen molar-refractivity contribution in [2.75, 3.05) is 0 Å². The van der Waals surface area contributed by atoms with Crippen LogP contribution in [0.15, 0.2) is 174 Å². The molecule has 0 atom stereocenters. The van der Waals surface area contributed by atoms with Gasteiger partial charge in [0.1, 0.15) is 11.2 Å². The highest BCUT2D eigenvalue weighted by Crippen LogP contribution is 2.40. The summed E-state index contributed by atoms with van der Waals surface area (Å²) >= 11 is 0. The first-order chi connectivity index (χ1) is 24.8. The molecule has 0 unspecified atom stereocenters. The van der Waals surface area contributed by atoms with Gasteiger partial charge in [0.15, 0.2) is 17.5 Å². The van der Waals surface area contributed by atoms with Crippen molar-refractivity contribution in [2.45, 2.75) is 0 Å². The van der Waals surface area contributed by atoms with Crippen LogP contribution < -0.4 is 0 Å². The van der Waals surface area contributed by atoms with Gasteiger partial charge in [-0.15, -0.1) is 0 Å². The van der Waals surface area contributed by atoms with E-state index in [-0.39, 0.29) is 0 Å². The summed E-state index contributed by atoms with van der Waals surface area (Å²) in [5, 5.41) is 4.57. The van der Waals surface area contributed by atoms with E-state index < -0.39 is 0 Å². The van der Waals surface area contributed by atoms with E-state index in [0.29, 0.717) is 17.5 Å². The van der Waals surface area contributed by atoms with Gasteiger partial charge in [-0.25, -0.2) is 15.0 Å². The van der Waals surface area contributed by atoms with Crippen LogP contribution in [0, 0.1) is 0 Å². The van der Waals surface area contributed by atoms with Crippen molar-refractivity contribution < 1.29 is 4.42 Å². The fourth-order valence-electron chi connectivity index (χ4n) is 7.09. The summed E-state index contributed by atoms with van der Waals surface area (Å²) in [6, 6.07) is 58.6. The zero-order valence-electron chi connectivity index (χ0n) is 26.9. The Morgan fingerprint density at radius 2 is 0.900 bits per heavy atom. The molecule has 7 aromatic carbocycles. The molecule has 0 N–H and O–H groups in total. The standard InChI is InChI=1S/C45H28N4O/c1-4-13-29(14-5-1)43-46-44(30-15-6-2-7-16-30)48-45(47-43)32-24-26-36-35-25-23-31(27-39(35)49(40(36)28-32)33-17-8-3-9-18-33)34-20-12-21-38-37-19-10-11-22-41(37)50-42(34)38/h1-28H. The smallest absolute Gasteiger partial charge is 0.164 e. The number of hydrogen-bond acceptors (Lipinski definition) is 4. The molecule has 10 aromatic rings. The number of hydrogen-bond donors (Lipinski definition) is 0. The van der Waals surface area contributed by atoms with E-state index in [1.54, 1.807) is 0 Å². The van der Waals surface area contributed by atoms with Gasteiger partial charge in [0, 0.05) is 49.5 Å². The molecular formula is C45H28N4O. The molecule has 3 heterocycles. The molecule has 0 saturated carbocycles. The highest BCUT2D eigenvalue weighted by atomic mass is 16.3. The van der Waals surface area contributed by atoms with Crippen LogP contribution >= 0.6 is 0 Å². The topological polar surface area (TPSA) is 56.7 Å². The van der Waals surface area contributed by atoms with Gasteiger partial charge in [0.2, 0.25) is 0 Å². The van der Waals surface area contributed by atoms with Gasteiger partial charge in [-0.2, -0.15) is 0 Å². The molecule has 0 bridgehead atoms. The van der Waals surface area contributed by atoms with Crippen molar-refractivity contribution >= 4 is 43.7 Å². The molecule has 0 aliphatic heterocycles. The van der Waals surface area contributed by atoms with Crippen LogP contribution in [0.5, 0.6) is 0 Å². The second-order valence-corrected chi connectivity index (χ2v) is 12.5. The average Bonchev–Trinajstić information content (AvgIpc) is 3.74. The van der Waals surface area contributed by atoms with Gasteiger partial charge >= 0.3 is 0 Å². The van der Waals surface area contributed by atoms with Crippen LogP contribution in [0.2, 0.25) is 0 Å². The lowest BCUT2D eigenvalue weighted by Gasteiger charge is -2.11. The SMILES string of the molecule is c1ccc(-c2nc(-c3ccccc3)nc(-c3ccc4c5ccc(-c6cccc7c6oc6ccccc67)cc5n(-c5ccccc5)c4c3)n2)cc1. The zero-order chi connectivity index (χ0) is 33.0. The monoisotopic (exact) mass is 640 g/mol.